The van der Waals surface area contributed by atoms with Gasteiger partial charge in [0.25, 0.3) is 0 Å². The molecule has 1 aromatic rings. The molecule has 1 saturated heterocycles. The van der Waals surface area contributed by atoms with E-state index in [1.54, 1.807) is 0 Å². The molecule has 162 valence electrons. The van der Waals surface area contributed by atoms with Gasteiger partial charge < -0.3 is 10.6 Å². The highest BCUT2D eigenvalue weighted by atomic mass is 32.2. The summed E-state index contributed by atoms with van der Waals surface area (Å²) in [6.07, 6.45) is 2.92. The molecule has 2 fully saturated rings. The van der Waals surface area contributed by atoms with Crippen LogP contribution < -0.4 is 10.6 Å². The minimum Gasteiger partial charge on any atom is -0.326 e. The van der Waals surface area contributed by atoms with Crippen molar-refractivity contribution < 1.29 is 22.8 Å². The van der Waals surface area contributed by atoms with Crippen molar-refractivity contribution in [3.8, 4) is 0 Å². The van der Waals surface area contributed by atoms with Gasteiger partial charge in [0.05, 0.1) is 5.56 Å². The summed E-state index contributed by atoms with van der Waals surface area (Å²) in [4.78, 5) is 24.3. The average Bonchev–Trinajstić information content (AvgIpc) is 2.99. The van der Waals surface area contributed by atoms with Gasteiger partial charge in [-0.1, -0.05) is 37.1 Å². The van der Waals surface area contributed by atoms with Crippen LogP contribution in [0.4, 0.5) is 18.9 Å². The number of thioether (sulfide) groups is 1. The van der Waals surface area contributed by atoms with Crippen LogP contribution in [0, 0.1) is 0 Å². The molecule has 0 spiro atoms. The molecule has 1 atom stereocenters. The molecule has 10 heteroatoms. The number of carbonyl (C=O) groups is 2. The van der Waals surface area contributed by atoms with E-state index >= 15 is 0 Å². The lowest BCUT2D eigenvalue weighted by atomic mass is 9.99. The highest BCUT2D eigenvalue weighted by Gasteiger charge is 2.33. The smallest absolute Gasteiger partial charge is 0.326 e. The van der Waals surface area contributed by atoms with E-state index in [4.69, 9.17) is 0 Å². The molecular weight excluding hydrogens is 417 g/mol. The first kappa shape index (κ1) is 22.3. The molecule has 2 N–H and O–H groups in total. The average molecular weight is 440 g/mol. The minimum absolute atomic E-state index is 0.0304. The molecular formula is C20H23F3N4O2S. The van der Waals surface area contributed by atoms with Crippen LogP contribution in [0.1, 0.15) is 56.9 Å². The Morgan fingerprint density at radius 2 is 1.83 bits per heavy atom. The molecule has 30 heavy (non-hydrogen) atoms. The molecule has 2 amide bonds. The first-order valence-corrected chi connectivity index (χ1v) is 10.8. The number of halogens is 3. The van der Waals surface area contributed by atoms with Gasteiger partial charge in [-0.25, -0.2) is 0 Å². The molecule has 2 aliphatic rings. The van der Waals surface area contributed by atoms with Crippen LogP contribution in [0.5, 0.6) is 0 Å². The Morgan fingerprint density at radius 1 is 1.13 bits per heavy atom. The molecule has 6 nitrogen and oxygen atoms in total. The van der Waals surface area contributed by atoms with Gasteiger partial charge in [-0.2, -0.15) is 18.3 Å². The summed E-state index contributed by atoms with van der Waals surface area (Å²) in [5, 5.41) is 13.1. The Morgan fingerprint density at radius 3 is 2.53 bits per heavy atom. The summed E-state index contributed by atoms with van der Waals surface area (Å²) in [5.41, 5.74) is 0.196. The monoisotopic (exact) mass is 440 g/mol. The highest BCUT2D eigenvalue weighted by molar-refractivity contribution is 8.15. The molecule has 0 unspecified atom stereocenters. The van der Waals surface area contributed by atoms with Crippen LogP contribution in [-0.4, -0.2) is 27.9 Å². The van der Waals surface area contributed by atoms with E-state index in [0.717, 1.165) is 55.3 Å². The van der Waals surface area contributed by atoms with Gasteiger partial charge in [-0.15, -0.1) is 5.10 Å². The maximum atomic E-state index is 12.8. The standard InChI is InChI=1S/C20H23F3N4O2S/c21-20(22,23)13-7-6-10-15(11-13)24-17(28)12-16-18(29)25-19(30-16)27-26-14-8-4-2-1-3-5-9-14/h6-7,10-11,16H,1-5,8-9,12H2,(H,24,28)(H,25,27,29)/t16-/m1/s1. The van der Waals surface area contributed by atoms with E-state index in [0.29, 0.717) is 5.17 Å². The number of alkyl halides is 3. The molecule has 0 radical (unpaired) electrons. The number of carbonyl (C=O) groups excluding carboxylic acids is 2. The zero-order chi connectivity index (χ0) is 21.6. The maximum Gasteiger partial charge on any atom is 0.416 e. The lowest BCUT2D eigenvalue weighted by Crippen LogP contribution is -2.28. The molecule has 1 aromatic carbocycles. The van der Waals surface area contributed by atoms with Crippen LogP contribution in [0.3, 0.4) is 0 Å². The van der Waals surface area contributed by atoms with Crippen molar-refractivity contribution in [1.82, 2.24) is 5.32 Å². The number of amidine groups is 1. The zero-order valence-corrected chi connectivity index (χ0v) is 17.1. The third-order valence-corrected chi connectivity index (χ3v) is 5.91. The Hall–Kier alpha value is -2.36. The lowest BCUT2D eigenvalue weighted by Gasteiger charge is -2.10. The van der Waals surface area contributed by atoms with E-state index in [1.807, 2.05) is 0 Å². The Bertz CT molecular complexity index is 845. The molecule has 1 saturated carbocycles. The van der Waals surface area contributed by atoms with Gasteiger partial charge in [0.2, 0.25) is 11.8 Å². The van der Waals surface area contributed by atoms with Gasteiger partial charge in [-0.3, -0.25) is 9.59 Å². The van der Waals surface area contributed by atoms with Gasteiger partial charge in [0.15, 0.2) is 5.17 Å². The van der Waals surface area contributed by atoms with Crippen molar-refractivity contribution in [2.45, 2.75) is 62.8 Å². The maximum absolute atomic E-state index is 12.8. The second kappa shape index (κ2) is 10.1. The number of benzene rings is 1. The molecule has 1 heterocycles. The number of nitrogens with zero attached hydrogens (tertiary/aromatic N) is 2. The SMILES string of the molecule is O=C(C[C@H]1S/C(=N/N=C2CCCCCCC2)NC1=O)Nc1cccc(C(F)(F)F)c1. The number of rotatable bonds is 4. The van der Waals surface area contributed by atoms with E-state index in [2.05, 4.69) is 20.8 Å². The first-order valence-electron chi connectivity index (χ1n) is 9.89. The van der Waals surface area contributed by atoms with Crippen molar-refractivity contribution >= 4 is 40.1 Å². The molecule has 0 bridgehead atoms. The van der Waals surface area contributed by atoms with E-state index in [-0.39, 0.29) is 18.0 Å². The summed E-state index contributed by atoms with van der Waals surface area (Å²) >= 11 is 1.10. The molecule has 0 aromatic heterocycles. The minimum atomic E-state index is -4.49. The Labute approximate surface area is 176 Å². The normalized spacial score (nSPS) is 21.7. The largest absolute Gasteiger partial charge is 0.416 e. The van der Waals surface area contributed by atoms with Gasteiger partial charge in [0, 0.05) is 17.8 Å². The van der Waals surface area contributed by atoms with Crippen LogP contribution in [-0.2, 0) is 15.8 Å². The molecule has 1 aliphatic carbocycles. The quantitative estimate of drug-likeness (QED) is 0.665. The predicted octanol–water partition coefficient (Wildman–Crippen LogP) is 4.72. The van der Waals surface area contributed by atoms with Crippen LogP contribution in [0.25, 0.3) is 0 Å². The van der Waals surface area contributed by atoms with Crippen molar-refractivity contribution in [2.75, 3.05) is 5.32 Å². The van der Waals surface area contributed by atoms with Gasteiger partial charge >= 0.3 is 6.18 Å². The number of nitrogens with one attached hydrogen (secondary N) is 2. The van der Waals surface area contributed by atoms with Crippen molar-refractivity contribution in [3.63, 3.8) is 0 Å². The Balaban J connectivity index is 1.56. The molecule has 3 rings (SSSR count). The summed E-state index contributed by atoms with van der Waals surface area (Å²) in [6, 6.07) is 4.37. The second-order valence-electron chi connectivity index (χ2n) is 7.27. The first-order chi connectivity index (χ1) is 14.3. The fourth-order valence-corrected chi connectivity index (χ4v) is 4.19. The van der Waals surface area contributed by atoms with Gasteiger partial charge in [-0.05, 0) is 43.9 Å². The van der Waals surface area contributed by atoms with E-state index < -0.39 is 22.9 Å². The highest BCUT2D eigenvalue weighted by Crippen LogP contribution is 2.31. The molecule has 1 aliphatic heterocycles. The second-order valence-corrected chi connectivity index (χ2v) is 8.46. The number of amides is 2. The van der Waals surface area contributed by atoms with Crippen LogP contribution in [0.2, 0.25) is 0 Å². The van der Waals surface area contributed by atoms with Crippen molar-refractivity contribution in [1.29, 1.82) is 0 Å². The van der Waals surface area contributed by atoms with E-state index in [1.165, 1.54) is 31.4 Å². The predicted molar refractivity (Wildman–Crippen MR) is 111 cm³/mol. The fraction of sp³-hybridized carbons (Fsp3) is 0.500. The van der Waals surface area contributed by atoms with Crippen LogP contribution in [0.15, 0.2) is 34.5 Å². The summed E-state index contributed by atoms with van der Waals surface area (Å²) in [6.45, 7) is 0. The van der Waals surface area contributed by atoms with E-state index in [9.17, 15) is 22.8 Å². The van der Waals surface area contributed by atoms with Crippen molar-refractivity contribution in [3.05, 3.63) is 29.8 Å². The van der Waals surface area contributed by atoms with Gasteiger partial charge in [0.1, 0.15) is 5.25 Å². The summed E-state index contributed by atoms with van der Waals surface area (Å²) in [7, 11) is 0. The summed E-state index contributed by atoms with van der Waals surface area (Å²) in [5.74, 6) is -0.912. The van der Waals surface area contributed by atoms with Crippen LogP contribution >= 0.6 is 11.8 Å². The van der Waals surface area contributed by atoms with Crippen molar-refractivity contribution in [2.24, 2.45) is 10.2 Å². The fourth-order valence-electron chi connectivity index (χ4n) is 3.27. The number of hydrogen-bond acceptors (Lipinski definition) is 5. The lowest BCUT2D eigenvalue weighted by molar-refractivity contribution is -0.137. The number of hydrogen-bond donors (Lipinski definition) is 2. The zero-order valence-electron chi connectivity index (χ0n) is 16.3. The number of anilines is 1. The Kier molecular flexibility index (Phi) is 7.52. The topological polar surface area (TPSA) is 82.9 Å². The third-order valence-electron chi connectivity index (χ3n) is 4.83. The third kappa shape index (κ3) is 6.58. The summed E-state index contributed by atoms with van der Waals surface area (Å²) < 4.78 is 38.4.